The maximum Gasteiger partial charge on any atom is 0.125 e. The highest BCUT2D eigenvalue weighted by molar-refractivity contribution is 5.37. The molecular formula is C20H34N2O3. The van der Waals surface area contributed by atoms with Gasteiger partial charge in [-0.3, -0.25) is 9.80 Å². The topological polar surface area (TPSA) is 56.2 Å². The summed E-state index contributed by atoms with van der Waals surface area (Å²) >= 11 is 0. The molecule has 0 radical (unpaired) electrons. The van der Waals surface area contributed by atoms with Gasteiger partial charge in [-0.25, -0.2) is 0 Å². The zero-order valence-electron chi connectivity index (χ0n) is 16.1. The Morgan fingerprint density at radius 3 is 2.52 bits per heavy atom. The van der Waals surface area contributed by atoms with Gasteiger partial charge >= 0.3 is 0 Å². The third-order valence-corrected chi connectivity index (χ3v) is 4.80. The lowest BCUT2D eigenvalue weighted by molar-refractivity contribution is 0.0349. The van der Waals surface area contributed by atoms with Crippen LogP contribution in [0.5, 0.6) is 5.75 Å². The van der Waals surface area contributed by atoms with E-state index in [1.54, 1.807) is 0 Å². The predicted octanol–water partition coefficient (Wildman–Crippen LogP) is 2.24. The first-order valence-electron chi connectivity index (χ1n) is 9.42. The minimum atomic E-state index is -0.00976. The number of ether oxygens (including phenoxy) is 1. The van der Waals surface area contributed by atoms with Gasteiger partial charge in [0.15, 0.2) is 0 Å². The highest BCUT2D eigenvalue weighted by Crippen LogP contribution is 2.24. The summed E-state index contributed by atoms with van der Waals surface area (Å²) in [6.45, 7) is 12.5. The van der Waals surface area contributed by atoms with Crippen molar-refractivity contribution in [2.24, 2.45) is 0 Å². The van der Waals surface area contributed by atoms with Crippen LogP contribution in [0.25, 0.3) is 0 Å². The second-order valence-corrected chi connectivity index (χ2v) is 7.50. The molecule has 2 rings (SSSR count). The highest BCUT2D eigenvalue weighted by Gasteiger charge is 2.28. The van der Waals surface area contributed by atoms with Crippen LogP contribution in [0.4, 0.5) is 0 Å². The molecule has 1 aromatic rings. The number of hydrogen-bond acceptors (Lipinski definition) is 5. The fourth-order valence-corrected chi connectivity index (χ4v) is 3.65. The molecule has 0 amide bonds. The van der Waals surface area contributed by atoms with Crippen molar-refractivity contribution >= 4 is 0 Å². The summed E-state index contributed by atoms with van der Waals surface area (Å²) in [5.74, 6) is 0.768. The van der Waals surface area contributed by atoms with Crippen molar-refractivity contribution < 1.29 is 14.9 Å². The molecule has 1 aliphatic rings. The van der Waals surface area contributed by atoms with Gasteiger partial charge < -0.3 is 14.9 Å². The predicted molar refractivity (Wildman–Crippen MR) is 101 cm³/mol. The summed E-state index contributed by atoms with van der Waals surface area (Å²) in [7, 11) is 0. The molecule has 0 aromatic heterocycles. The maximum absolute atomic E-state index is 9.64. The average Bonchev–Trinajstić information content (AvgIpc) is 2.56. The molecule has 0 bridgehead atoms. The van der Waals surface area contributed by atoms with Crippen molar-refractivity contribution in [2.45, 2.75) is 65.5 Å². The molecule has 1 aromatic carbocycles. The summed E-state index contributed by atoms with van der Waals surface area (Å²) < 4.78 is 5.76. The molecule has 1 saturated heterocycles. The molecule has 0 saturated carbocycles. The van der Waals surface area contributed by atoms with Crippen molar-refractivity contribution in [3.63, 3.8) is 0 Å². The van der Waals surface area contributed by atoms with Gasteiger partial charge in [-0.2, -0.15) is 0 Å². The van der Waals surface area contributed by atoms with E-state index in [2.05, 4.69) is 29.7 Å². The number of aliphatic hydroxyl groups is 2. The molecule has 5 nitrogen and oxygen atoms in total. The molecular weight excluding hydrogens is 316 g/mol. The van der Waals surface area contributed by atoms with Crippen molar-refractivity contribution in [1.82, 2.24) is 9.80 Å². The number of nitrogens with zero attached hydrogens (tertiary/aromatic N) is 2. The van der Waals surface area contributed by atoms with Crippen molar-refractivity contribution in [3.05, 3.63) is 29.3 Å². The molecule has 1 atom stereocenters. The quantitative estimate of drug-likeness (QED) is 0.753. The third-order valence-electron chi connectivity index (χ3n) is 4.80. The van der Waals surface area contributed by atoms with Gasteiger partial charge in [0.25, 0.3) is 0 Å². The van der Waals surface area contributed by atoms with Crippen LogP contribution in [0.2, 0.25) is 0 Å². The van der Waals surface area contributed by atoms with Crippen LogP contribution in [0, 0.1) is 0 Å². The molecule has 1 aliphatic heterocycles. The van der Waals surface area contributed by atoms with Crippen LogP contribution in [-0.4, -0.2) is 64.4 Å². The number of piperazine rings is 1. The van der Waals surface area contributed by atoms with E-state index in [1.165, 1.54) is 5.56 Å². The number of rotatable bonds is 8. The molecule has 0 aliphatic carbocycles. The summed E-state index contributed by atoms with van der Waals surface area (Å²) in [6.07, 6.45) is 0.914. The van der Waals surface area contributed by atoms with Gasteiger partial charge in [0, 0.05) is 50.4 Å². The van der Waals surface area contributed by atoms with Crippen LogP contribution in [-0.2, 0) is 13.2 Å². The lowest BCUT2D eigenvalue weighted by Crippen LogP contribution is -2.55. The molecule has 0 unspecified atom stereocenters. The van der Waals surface area contributed by atoms with Crippen LogP contribution < -0.4 is 4.74 Å². The molecule has 142 valence electrons. The molecule has 5 heteroatoms. The lowest BCUT2D eigenvalue weighted by atomic mass is 10.0. The van der Waals surface area contributed by atoms with Gasteiger partial charge in [-0.1, -0.05) is 6.07 Å². The van der Waals surface area contributed by atoms with E-state index in [0.29, 0.717) is 12.1 Å². The Balaban J connectivity index is 2.04. The zero-order valence-corrected chi connectivity index (χ0v) is 16.1. The summed E-state index contributed by atoms with van der Waals surface area (Å²) in [5, 5.41) is 19.0. The van der Waals surface area contributed by atoms with E-state index in [-0.39, 0.29) is 19.3 Å². The Kier molecular flexibility index (Phi) is 7.69. The minimum Gasteiger partial charge on any atom is -0.491 e. The number of hydrogen-bond donors (Lipinski definition) is 2. The van der Waals surface area contributed by atoms with Crippen molar-refractivity contribution in [1.29, 1.82) is 0 Å². The smallest absolute Gasteiger partial charge is 0.125 e. The van der Waals surface area contributed by atoms with Crippen molar-refractivity contribution in [3.8, 4) is 5.75 Å². The Bertz CT molecular complexity index is 534. The normalized spacial score (nSPS) is 19.8. The SMILES string of the molecule is CC(C)Oc1ccc(CN2CCN(C(C)C)[C@H](CCO)C2)cc1CO. The summed E-state index contributed by atoms with van der Waals surface area (Å²) in [6, 6.07) is 7.02. The van der Waals surface area contributed by atoms with Crippen molar-refractivity contribution in [2.75, 3.05) is 26.2 Å². The molecule has 1 heterocycles. The third kappa shape index (κ3) is 5.68. The second-order valence-electron chi connectivity index (χ2n) is 7.50. The van der Waals surface area contributed by atoms with Gasteiger partial charge in [-0.05, 0) is 51.8 Å². The largest absolute Gasteiger partial charge is 0.491 e. The van der Waals surface area contributed by atoms with Crippen LogP contribution in [0.3, 0.4) is 0 Å². The Morgan fingerprint density at radius 2 is 1.92 bits per heavy atom. The maximum atomic E-state index is 9.64. The van der Waals surface area contributed by atoms with Crippen LogP contribution in [0.1, 0.15) is 45.2 Å². The van der Waals surface area contributed by atoms with E-state index < -0.39 is 0 Å². The summed E-state index contributed by atoms with van der Waals surface area (Å²) in [5.41, 5.74) is 2.04. The van der Waals surface area contributed by atoms with Gasteiger partial charge in [-0.15, -0.1) is 0 Å². The van der Waals surface area contributed by atoms with E-state index in [1.807, 2.05) is 26.0 Å². The first-order chi connectivity index (χ1) is 11.9. The fourth-order valence-electron chi connectivity index (χ4n) is 3.65. The lowest BCUT2D eigenvalue weighted by Gasteiger charge is -2.43. The highest BCUT2D eigenvalue weighted by atomic mass is 16.5. The van der Waals surface area contributed by atoms with E-state index in [9.17, 15) is 10.2 Å². The Hall–Kier alpha value is -1.14. The Labute approximate surface area is 152 Å². The molecule has 1 fully saturated rings. The summed E-state index contributed by atoms with van der Waals surface area (Å²) in [4.78, 5) is 4.93. The average molecular weight is 351 g/mol. The fraction of sp³-hybridized carbons (Fsp3) is 0.700. The van der Waals surface area contributed by atoms with Crippen LogP contribution >= 0.6 is 0 Å². The first-order valence-corrected chi connectivity index (χ1v) is 9.42. The van der Waals surface area contributed by atoms with E-state index in [4.69, 9.17) is 4.74 Å². The van der Waals surface area contributed by atoms with E-state index >= 15 is 0 Å². The minimum absolute atomic E-state index is 0.00976. The standard InChI is InChI=1S/C20H34N2O3/c1-15(2)22-9-8-21(13-19(22)7-10-23)12-17-5-6-20(25-16(3)4)18(11-17)14-24/h5-6,11,15-16,19,23-24H,7-10,12-14H2,1-4H3/t19-/m1/s1. The Morgan fingerprint density at radius 1 is 1.16 bits per heavy atom. The number of benzene rings is 1. The van der Waals surface area contributed by atoms with Gasteiger partial charge in [0.1, 0.15) is 5.75 Å². The molecule has 0 spiro atoms. The van der Waals surface area contributed by atoms with Crippen LogP contribution in [0.15, 0.2) is 18.2 Å². The van der Waals surface area contributed by atoms with Gasteiger partial charge in [0.2, 0.25) is 0 Å². The molecule has 2 N–H and O–H groups in total. The van der Waals surface area contributed by atoms with Gasteiger partial charge in [0.05, 0.1) is 12.7 Å². The second kappa shape index (κ2) is 9.53. The number of aliphatic hydroxyl groups excluding tert-OH is 2. The van der Waals surface area contributed by atoms with E-state index in [0.717, 1.165) is 43.9 Å². The first kappa shape index (κ1) is 20.2. The molecule has 25 heavy (non-hydrogen) atoms. The zero-order chi connectivity index (χ0) is 18.4. The monoisotopic (exact) mass is 350 g/mol.